The molecule has 32 heavy (non-hydrogen) atoms. The standard InChI is InChI=1S/C24H29ClFN5O/c1-23(2)11-17(12-24(3,4)31(23)5)28-21-20(26)13-27-22(30-21)29-16-6-7-18(19(25)10-16)15-8-9-32-14-15/h6-10,13-14,17H,11-12H2,1-5H3,(H2,27,28,29,30). The molecule has 3 aromatic rings. The van der Waals surface area contributed by atoms with Crippen LogP contribution >= 0.6 is 11.6 Å². The minimum Gasteiger partial charge on any atom is -0.472 e. The first kappa shape index (κ1) is 22.6. The van der Waals surface area contributed by atoms with Gasteiger partial charge in [0.15, 0.2) is 11.6 Å². The predicted octanol–water partition coefficient (Wildman–Crippen LogP) is 6.34. The molecule has 0 saturated carbocycles. The molecule has 0 unspecified atom stereocenters. The number of benzene rings is 1. The van der Waals surface area contributed by atoms with Crippen LogP contribution in [0.1, 0.15) is 40.5 Å². The highest BCUT2D eigenvalue weighted by Gasteiger charge is 2.43. The number of rotatable bonds is 5. The van der Waals surface area contributed by atoms with E-state index in [1.807, 2.05) is 18.2 Å². The van der Waals surface area contributed by atoms with Crippen LogP contribution in [0.4, 0.5) is 21.8 Å². The number of aromatic nitrogens is 2. The Kier molecular flexibility index (Phi) is 5.90. The fourth-order valence-corrected chi connectivity index (χ4v) is 4.86. The maximum Gasteiger partial charge on any atom is 0.229 e. The Labute approximate surface area is 193 Å². The summed E-state index contributed by atoms with van der Waals surface area (Å²) >= 11 is 6.44. The van der Waals surface area contributed by atoms with Gasteiger partial charge in [0.25, 0.3) is 0 Å². The molecule has 1 aliphatic rings. The molecule has 170 valence electrons. The molecule has 2 N–H and O–H groups in total. The quantitative estimate of drug-likeness (QED) is 0.466. The van der Waals surface area contributed by atoms with Gasteiger partial charge in [-0.3, -0.25) is 4.90 Å². The second-order valence-electron chi connectivity index (χ2n) is 9.66. The van der Waals surface area contributed by atoms with Gasteiger partial charge in [0.05, 0.1) is 23.7 Å². The Hall–Kier alpha value is -2.64. The Morgan fingerprint density at radius 3 is 2.50 bits per heavy atom. The van der Waals surface area contributed by atoms with Gasteiger partial charge in [0.2, 0.25) is 5.95 Å². The van der Waals surface area contributed by atoms with Crippen molar-refractivity contribution >= 4 is 29.1 Å². The van der Waals surface area contributed by atoms with Crippen LogP contribution in [0.5, 0.6) is 0 Å². The third-order valence-electron chi connectivity index (χ3n) is 6.45. The number of hydrogen-bond donors (Lipinski definition) is 2. The number of furan rings is 1. The fourth-order valence-electron chi connectivity index (χ4n) is 4.57. The van der Waals surface area contributed by atoms with Crippen LogP contribution in [0, 0.1) is 5.82 Å². The fraction of sp³-hybridized carbons (Fsp3) is 0.417. The SMILES string of the molecule is CN1C(C)(C)CC(Nc2nc(Nc3ccc(-c4ccoc4)c(Cl)c3)ncc2F)CC1(C)C. The monoisotopic (exact) mass is 457 g/mol. The Bertz CT molecular complexity index is 1080. The topological polar surface area (TPSA) is 66.2 Å². The van der Waals surface area contributed by atoms with Crippen LogP contribution in [-0.2, 0) is 0 Å². The summed E-state index contributed by atoms with van der Waals surface area (Å²) in [6, 6.07) is 7.49. The molecule has 0 amide bonds. The third-order valence-corrected chi connectivity index (χ3v) is 6.76. The van der Waals surface area contributed by atoms with Crippen molar-refractivity contribution in [2.24, 2.45) is 0 Å². The van der Waals surface area contributed by atoms with E-state index in [0.717, 1.165) is 24.0 Å². The van der Waals surface area contributed by atoms with Gasteiger partial charge >= 0.3 is 0 Å². The lowest BCUT2D eigenvalue weighted by Crippen LogP contribution is -2.61. The summed E-state index contributed by atoms with van der Waals surface area (Å²) in [4.78, 5) is 10.9. The van der Waals surface area contributed by atoms with E-state index in [2.05, 4.69) is 60.2 Å². The maximum atomic E-state index is 14.5. The van der Waals surface area contributed by atoms with Crippen molar-refractivity contribution in [1.82, 2.24) is 14.9 Å². The molecular formula is C24H29ClFN5O. The minimum atomic E-state index is -0.474. The predicted molar refractivity (Wildman–Crippen MR) is 127 cm³/mol. The van der Waals surface area contributed by atoms with Gasteiger partial charge in [0.1, 0.15) is 0 Å². The number of nitrogens with one attached hydrogen (secondary N) is 2. The van der Waals surface area contributed by atoms with Gasteiger partial charge in [-0.2, -0.15) is 4.98 Å². The average molecular weight is 458 g/mol. The number of nitrogens with zero attached hydrogens (tertiary/aromatic N) is 3. The van der Waals surface area contributed by atoms with E-state index >= 15 is 0 Å². The summed E-state index contributed by atoms with van der Waals surface area (Å²) in [5, 5.41) is 7.00. The average Bonchev–Trinajstić information content (AvgIpc) is 3.23. The van der Waals surface area contributed by atoms with Crippen molar-refractivity contribution < 1.29 is 8.81 Å². The van der Waals surface area contributed by atoms with Gasteiger partial charge < -0.3 is 15.1 Å². The van der Waals surface area contributed by atoms with E-state index < -0.39 is 5.82 Å². The summed E-state index contributed by atoms with van der Waals surface area (Å²) in [5.74, 6) is 0.0238. The second kappa shape index (κ2) is 8.37. The smallest absolute Gasteiger partial charge is 0.229 e. The van der Waals surface area contributed by atoms with Crippen molar-refractivity contribution in [2.45, 2.75) is 57.7 Å². The molecule has 1 fully saturated rings. The summed E-state index contributed by atoms with van der Waals surface area (Å²) < 4.78 is 19.7. The minimum absolute atomic E-state index is 0.0164. The number of likely N-dealkylation sites (tertiary alicyclic amines) is 1. The van der Waals surface area contributed by atoms with E-state index in [0.29, 0.717) is 16.7 Å². The Morgan fingerprint density at radius 2 is 1.88 bits per heavy atom. The molecule has 8 heteroatoms. The van der Waals surface area contributed by atoms with Crippen LogP contribution in [-0.4, -0.2) is 39.0 Å². The van der Waals surface area contributed by atoms with Crippen molar-refractivity contribution in [3.8, 4) is 11.1 Å². The van der Waals surface area contributed by atoms with Gasteiger partial charge in [-0.25, -0.2) is 9.37 Å². The second-order valence-corrected chi connectivity index (χ2v) is 10.1. The Morgan fingerprint density at radius 1 is 1.16 bits per heavy atom. The van der Waals surface area contributed by atoms with Gasteiger partial charge in [-0.05, 0) is 65.8 Å². The molecule has 2 aromatic heterocycles. The zero-order valence-electron chi connectivity index (χ0n) is 19.0. The Balaban J connectivity index is 1.52. The molecule has 0 radical (unpaired) electrons. The van der Waals surface area contributed by atoms with Crippen LogP contribution in [0.2, 0.25) is 5.02 Å². The molecule has 0 bridgehead atoms. The molecule has 0 spiro atoms. The molecular weight excluding hydrogens is 429 g/mol. The number of anilines is 3. The van der Waals surface area contributed by atoms with E-state index in [4.69, 9.17) is 16.0 Å². The highest BCUT2D eigenvalue weighted by atomic mass is 35.5. The van der Waals surface area contributed by atoms with Crippen molar-refractivity contribution in [3.63, 3.8) is 0 Å². The van der Waals surface area contributed by atoms with Gasteiger partial charge in [0, 0.05) is 33.9 Å². The van der Waals surface area contributed by atoms with Crippen LogP contribution in [0.3, 0.4) is 0 Å². The van der Waals surface area contributed by atoms with Gasteiger partial charge in [-0.15, -0.1) is 0 Å². The van der Waals surface area contributed by atoms with E-state index in [1.54, 1.807) is 18.6 Å². The molecule has 1 aromatic carbocycles. The summed E-state index contributed by atoms with van der Waals surface area (Å²) in [7, 11) is 2.15. The van der Waals surface area contributed by atoms with Crippen LogP contribution in [0.25, 0.3) is 11.1 Å². The van der Waals surface area contributed by atoms with E-state index in [1.165, 1.54) is 6.20 Å². The molecule has 0 atom stereocenters. The highest BCUT2D eigenvalue weighted by Crippen LogP contribution is 2.38. The zero-order chi connectivity index (χ0) is 23.1. The summed E-state index contributed by atoms with van der Waals surface area (Å²) in [6.07, 6.45) is 6.19. The third kappa shape index (κ3) is 4.59. The first-order chi connectivity index (χ1) is 15.0. The summed E-state index contributed by atoms with van der Waals surface area (Å²) in [6.45, 7) is 8.84. The lowest BCUT2D eigenvalue weighted by atomic mass is 9.77. The zero-order valence-corrected chi connectivity index (χ0v) is 19.8. The molecule has 3 heterocycles. The van der Waals surface area contributed by atoms with E-state index in [9.17, 15) is 4.39 Å². The molecule has 0 aliphatic carbocycles. The lowest BCUT2D eigenvalue weighted by molar-refractivity contribution is -0.00778. The van der Waals surface area contributed by atoms with Gasteiger partial charge in [-0.1, -0.05) is 17.7 Å². The lowest BCUT2D eigenvalue weighted by Gasteiger charge is -2.53. The number of piperidine rings is 1. The summed E-state index contributed by atoms with van der Waals surface area (Å²) in [5.41, 5.74) is 2.44. The normalized spacial score (nSPS) is 18.5. The van der Waals surface area contributed by atoms with Crippen LogP contribution < -0.4 is 10.6 Å². The first-order valence-electron chi connectivity index (χ1n) is 10.7. The largest absolute Gasteiger partial charge is 0.472 e. The molecule has 1 saturated heterocycles. The van der Waals surface area contributed by atoms with E-state index in [-0.39, 0.29) is 22.9 Å². The first-order valence-corrected chi connectivity index (χ1v) is 11.1. The van der Waals surface area contributed by atoms with Crippen LogP contribution in [0.15, 0.2) is 47.4 Å². The maximum absolute atomic E-state index is 14.5. The highest BCUT2D eigenvalue weighted by molar-refractivity contribution is 6.33. The van der Waals surface area contributed by atoms with Crippen molar-refractivity contribution in [3.05, 3.63) is 53.8 Å². The molecule has 4 rings (SSSR count). The van der Waals surface area contributed by atoms with Crippen molar-refractivity contribution in [1.29, 1.82) is 0 Å². The molecule has 1 aliphatic heterocycles. The number of hydrogen-bond acceptors (Lipinski definition) is 6. The number of halogens is 2. The van der Waals surface area contributed by atoms with Crippen molar-refractivity contribution in [2.75, 3.05) is 17.7 Å². The molecule has 6 nitrogen and oxygen atoms in total.